The van der Waals surface area contributed by atoms with Crippen LogP contribution in [0, 0.1) is 0 Å². The van der Waals surface area contributed by atoms with E-state index in [9.17, 15) is 4.79 Å². The molecule has 1 atom stereocenters. The Hall–Kier alpha value is -1.02. The zero-order valence-electron chi connectivity index (χ0n) is 10.8. The molecule has 1 aliphatic rings. The summed E-state index contributed by atoms with van der Waals surface area (Å²) in [6.45, 7) is 2.08. The Balaban J connectivity index is 2.05. The lowest BCUT2D eigenvalue weighted by molar-refractivity contribution is -0.124. The Kier molecular flexibility index (Phi) is 4.28. The molecule has 0 spiro atoms. The monoisotopic (exact) mass is 265 g/mol. The quantitative estimate of drug-likeness (QED) is 0.786. The van der Waals surface area contributed by atoms with Crippen LogP contribution in [0.15, 0.2) is 30.3 Å². The molecule has 98 valence electrons. The van der Waals surface area contributed by atoms with Crippen molar-refractivity contribution in [3.05, 3.63) is 35.9 Å². The molecule has 2 rings (SSSR count). The van der Waals surface area contributed by atoms with Crippen molar-refractivity contribution in [2.75, 3.05) is 5.88 Å². The number of halogens is 1. The predicted octanol–water partition coefficient (Wildman–Crippen LogP) is 3.24. The van der Waals surface area contributed by atoms with E-state index in [1.165, 1.54) is 0 Å². The molecule has 1 saturated carbocycles. The minimum Gasteiger partial charge on any atom is -0.353 e. The second-order valence-corrected chi connectivity index (χ2v) is 5.38. The first-order valence-corrected chi connectivity index (χ1v) is 7.19. The molecule has 0 bridgehead atoms. The molecular formula is C15H20ClNO. The number of amides is 1. The topological polar surface area (TPSA) is 29.1 Å². The molecule has 0 aromatic heterocycles. The average molecular weight is 266 g/mol. The van der Waals surface area contributed by atoms with Gasteiger partial charge in [-0.1, -0.05) is 37.3 Å². The lowest BCUT2D eigenvalue weighted by Crippen LogP contribution is -2.41. The van der Waals surface area contributed by atoms with Gasteiger partial charge in [-0.25, -0.2) is 0 Å². The fraction of sp³-hybridized carbons (Fsp3) is 0.533. The van der Waals surface area contributed by atoms with Gasteiger partial charge in [0.05, 0.1) is 5.41 Å². The highest BCUT2D eigenvalue weighted by atomic mass is 35.5. The molecule has 18 heavy (non-hydrogen) atoms. The number of rotatable bonds is 6. The van der Waals surface area contributed by atoms with Gasteiger partial charge in [-0.3, -0.25) is 4.79 Å². The number of nitrogens with one attached hydrogen (secondary N) is 1. The van der Waals surface area contributed by atoms with Crippen LogP contribution in [-0.2, 0) is 10.2 Å². The standard InChI is InChI=1S/C15H20ClNO/c1-2-13(8-11-16)17-14(18)15(9-10-15)12-6-4-3-5-7-12/h3-7,13H,2,8-11H2,1H3,(H,17,18). The second-order valence-electron chi connectivity index (χ2n) is 5.00. The van der Waals surface area contributed by atoms with Crippen LogP contribution in [0.25, 0.3) is 0 Å². The second kappa shape index (κ2) is 5.75. The lowest BCUT2D eigenvalue weighted by atomic mass is 9.94. The maximum absolute atomic E-state index is 12.4. The first-order chi connectivity index (χ1) is 8.73. The number of carbonyl (C=O) groups excluding carboxylic acids is 1. The van der Waals surface area contributed by atoms with Gasteiger partial charge in [-0.2, -0.15) is 0 Å². The largest absolute Gasteiger partial charge is 0.353 e. The lowest BCUT2D eigenvalue weighted by Gasteiger charge is -2.21. The maximum Gasteiger partial charge on any atom is 0.230 e. The van der Waals surface area contributed by atoms with Gasteiger partial charge >= 0.3 is 0 Å². The van der Waals surface area contributed by atoms with E-state index in [2.05, 4.69) is 24.4 Å². The zero-order chi connectivity index (χ0) is 13.0. The molecule has 3 heteroatoms. The van der Waals surface area contributed by atoms with Crippen LogP contribution in [0.4, 0.5) is 0 Å². The molecule has 0 heterocycles. The van der Waals surface area contributed by atoms with Crippen LogP contribution in [0.1, 0.15) is 38.2 Å². The molecule has 1 aliphatic carbocycles. The normalized spacial score (nSPS) is 18.1. The van der Waals surface area contributed by atoms with Crippen LogP contribution in [-0.4, -0.2) is 17.8 Å². The minimum atomic E-state index is -0.263. The van der Waals surface area contributed by atoms with Crippen molar-refractivity contribution in [2.24, 2.45) is 0 Å². The Morgan fingerprint density at radius 1 is 1.39 bits per heavy atom. The van der Waals surface area contributed by atoms with E-state index in [-0.39, 0.29) is 17.4 Å². The van der Waals surface area contributed by atoms with E-state index >= 15 is 0 Å². The van der Waals surface area contributed by atoms with Crippen molar-refractivity contribution < 1.29 is 4.79 Å². The number of hydrogen-bond acceptors (Lipinski definition) is 1. The number of carbonyl (C=O) groups is 1. The molecule has 0 radical (unpaired) electrons. The molecular weight excluding hydrogens is 246 g/mol. The zero-order valence-corrected chi connectivity index (χ0v) is 11.5. The molecule has 0 aliphatic heterocycles. The van der Waals surface area contributed by atoms with Crippen LogP contribution >= 0.6 is 11.6 Å². The number of alkyl halides is 1. The summed E-state index contributed by atoms with van der Waals surface area (Å²) < 4.78 is 0. The summed E-state index contributed by atoms with van der Waals surface area (Å²) in [5, 5.41) is 3.15. The van der Waals surface area contributed by atoms with Gasteiger partial charge < -0.3 is 5.32 Å². The van der Waals surface area contributed by atoms with Gasteiger partial charge in [0.25, 0.3) is 0 Å². The van der Waals surface area contributed by atoms with Crippen molar-refractivity contribution >= 4 is 17.5 Å². The third-order valence-corrected chi connectivity index (χ3v) is 4.01. The van der Waals surface area contributed by atoms with Gasteiger partial charge in [-0.05, 0) is 31.2 Å². The summed E-state index contributed by atoms with van der Waals surface area (Å²) in [4.78, 5) is 12.4. The smallest absolute Gasteiger partial charge is 0.230 e. The highest BCUT2D eigenvalue weighted by Gasteiger charge is 2.51. The van der Waals surface area contributed by atoms with Crippen LogP contribution in [0.3, 0.4) is 0 Å². The molecule has 0 saturated heterocycles. The molecule has 1 N–H and O–H groups in total. The van der Waals surface area contributed by atoms with Gasteiger partial charge in [0.15, 0.2) is 0 Å². The Morgan fingerprint density at radius 2 is 2.06 bits per heavy atom. The van der Waals surface area contributed by atoms with E-state index in [0.717, 1.165) is 31.2 Å². The van der Waals surface area contributed by atoms with E-state index in [1.54, 1.807) is 0 Å². The highest BCUT2D eigenvalue weighted by molar-refractivity contribution is 6.17. The average Bonchev–Trinajstić information content (AvgIpc) is 3.20. The van der Waals surface area contributed by atoms with Gasteiger partial charge in [0, 0.05) is 11.9 Å². The van der Waals surface area contributed by atoms with E-state index in [0.29, 0.717) is 5.88 Å². The first-order valence-electron chi connectivity index (χ1n) is 6.65. The first kappa shape index (κ1) is 13.4. The summed E-state index contributed by atoms with van der Waals surface area (Å²) in [5.74, 6) is 0.766. The molecule has 1 amide bonds. The predicted molar refractivity (Wildman–Crippen MR) is 74.9 cm³/mol. The fourth-order valence-corrected chi connectivity index (χ4v) is 2.63. The SMILES string of the molecule is CCC(CCCl)NC(=O)C1(c2ccccc2)CC1. The molecule has 1 aromatic carbocycles. The van der Waals surface area contributed by atoms with Crippen molar-refractivity contribution in [3.63, 3.8) is 0 Å². The number of benzene rings is 1. The summed E-state index contributed by atoms with van der Waals surface area (Å²) in [7, 11) is 0. The molecule has 2 nitrogen and oxygen atoms in total. The summed E-state index contributed by atoms with van der Waals surface area (Å²) in [6.07, 6.45) is 3.69. The third kappa shape index (κ3) is 2.69. The van der Waals surface area contributed by atoms with E-state index in [1.807, 2.05) is 18.2 Å². The van der Waals surface area contributed by atoms with E-state index in [4.69, 9.17) is 11.6 Å². The molecule has 1 fully saturated rings. The minimum absolute atomic E-state index is 0.172. The summed E-state index contributed by atoms with van der Waals surface area (Å²) in [6, 6.07) is 10.3. The summed E-state index contributed by atoms with van der Waals surface area (Å²) in [5.41, 5.74) is 0.879. The Labute approximate surface area is 114 Å². The third-order valence-electron chi connectivity index (χ3n) is 3.80. The van der Waals surface area contributed by atoms with Gasteiger partial charge in [0.2, 0.25) is 5.91 Å². The van der Waals surface area contributed by atoms with Crippen LogP contribution in [0.5, 0.6) is 0 Å². The Morgan fingerprint density at radius 3 is 2.56 bits per heavy atom. The van der Waals surface area contributed by atoms with E-state index < -0.39 is 0 Å². The number of hydrogen-bond donors (Lipinski definition) is 1. The molecule has 1 aromatic rings. The fourth-order valence-electron chi connectivity index (χ4n) is 2.36. The highest BCUT2D eigenvalue weighted by Crippen LogP contribution is 2.48. The van der Waals surface area contributed by atoms with Gasteiger partial charge in [0.1, 0.15) is 0 Å². The van der Waals surface area contributed by atoms with Crippen LogP contribution in [0.2, 0.25) is 0 Å². The van der Waals surface area contributed by atoms with Crippen molar-refractivity contribution in [1.82, 2.24) is 5.32 Å². The summed E-state index contributed by atoms with van der Waals surface area (Å²) >= 11 is 5.75. The van der Waals surface area contributed by atoms with Crippen molar-refractivity contribution in [2.45, 2.75) is 44.1 Å². The maximum atomic E-state index is 12.4. The Bertz CT molecular complexity index is 400. The van der Waals surface area contributed by atoms with Crippen molar-refractivity contribution in [1.29, 1.82) is 0 Å². The van der Waals surface area contributed by atoms with Crippen LogP contribution < -0.4 is 5.32 Å². The van der Waals surface area contributed by atoms with Gasteiger partial charge in [-0.15, -0.1) is 11.6 Å². The van der Waals surface area contributed by atoms with Crippen molar-refractivity contribution in [3.8, 4) is 0 Å². The molecule has 1 unspecified atom stereocenters.